The maximum absolute atomic E-state index is 12.1. The molecule has 0 bridgehead atoms. The van der Waals surface area contributed by atoms with Crippen molar-refractivity contribution in [1.29, 1.82) is 0 Å². The number of hydrogen-bond donors (Lipinski definition) is 2. The van der Waals surface area contributed by atoms with Gasteiger partial charge in [0, 0.05) is 12.2 Å². The summed E-state index contributed by atoms with van der Waals surface area (Å²) in [6.45, 7) is 5.83. The van der Waals surface area contributed by atoms with E-state index in [9.17, 15) is 4.79 Å². The molecule has 0 aliphatic carbocycles. The fraction of sp³-hybridized carbons (Fsp3) is 0.316. The van der Waals surface area contributed by atoms with E-state index < -0.39 is 0 Å². The number of benzene rings is 2. The number of aryl methyl sites for hydroxylation is 2. The Morgan fingerprint density at radius 1 is 1.12 bits per heavy atom. The molecule has 1 atom stereocenters. The Balaban J connectivity index is 1.61. The summed E-state index contributed by atoms with van der Waals surface area (Å²) in [4.78, 5) is 12.1. The number of ether oxygens (including phenoxy) is 2. The Morgan fingerprint density at radius 2 is 1.83 bits per heavy atom. The van der Waals surface area contributed by atoms with E-state index in [4.69, 9.17) is 9.47 Å². The lowest BCUT2D eigenvalue weighted by Crippen LogP contribution is -2.48. The van der Waals surface area contributed by atoms with E-state index in [0.717, 1.165) is 28.3 Å². The molecule has 2 N–H and O–H groups in total. The monoisotopic (exact) mass is 326 g/mol. The van der Waals surface area contributed by atoms with Gasteiger partial charge in [0.2, 0.25) is 5.91 Å². The third-order valence-corrected chi connectivity index (χ3v) is 3.79. The van der Waals surface area contributed by atoms with Crippen molar-refractivity contribution in [3.8, 4) is 11.5 Å². The second-order valence-corrected chi connectivity index (χ2v) is 6.02. The standard InChI is InChI=1S/C19H22N2O3/c1-13-9-14(2)11-17(10-13)24-16-5-3-15(4-6-16)21-19(22)18-12-23-8-7-20-18/h3-6,9-11,18,20H,7-8,12H2,1-2H3,(H,21,22). The summed E-state index contributed by atoms with van der Waals surface area (Å²) < 4.78 is 11.2. The van der Waals surface area contributed by atoms with Gasteiger partial charge in [-0.1, -0.05) is 6.07 Å². The van der Waals surface area contributed by atoms with Gasteiger partial charge in [0.25, 0.3) is 0 Å². The zero-order valence-electron chi connectivity index (χ0n) is 14.0. The molecule has 1 unspecified atom stereocenters. The van der Waals surface area contributed by atoms with Crippen LogP contribution in [0.4, 0.5) is 5.69 Å². The van der Waals surface area contributed by atoms with Gasteiger partial charge in [-0.3, -0.25) is 4.79 Å². The molecule has 24 heavy (non-hydrogen) atoms. The lowest BCUT2D eigenvalue weighted by molar-refractivity contribution is -0.120. The summed E-state index contributed by atoms with van der Waals surface area (Å²) in [5.74, 6) is 1.46. The van der Waals surface area contributed by atoms with Crippen LogP contribution < -0.4 is 15.4 Å². The second-order valence-electron chi connectivity index (χ2n) is 6.02. The van der Waals surface area contributed by atoms with Crippen LogP contribution in [0.3, 0.4) is 0 Å². The summed E-state index contributed by atoms with van der Waals surface area (Å²) in [7, 11) is 0. The highest BCUT2D eigenvalue weighted by Crippen LogP contribution is 2.25. The van der Waals surface area contributed by atoms with Crippen LogP contribution in [-0.2, 0) is 9.53 Å². The maximum Gasteiger partial charge on any atom is 0.243 e. The highest BCUT2D eigenvalue weighted by atomic mass is 16.5. The fourth-order valence-electron chi connectivity index (χ4n) is 2.70. The molecule has 5 heteroatoms. The molecule has 5 nitrogen and oxygen atoms in total. The molecule has 1 fully saturated rings. The smallest absolute Gasteiger partial charge is 0.243 e. The molecule has 1 heterocycles. The molecule has 126 valence electrons. The van der Waals surface area contributed by atoms with E-state index in [0.29, 0.717) is 19.8 Å². The van der Waals surface area contributed by atoms with Gasteiger partial charge in [-0.25, -0.2) is 0 Å². The Bertz CT molecular complexity index is 687. The minimum atomic E-state index is -0.301. The molecule has 1 aliphatic heterocycles. The molecule has 1 aliphatic rings. The molecule has 0 saturated carbocycles. The van der Waals surface area contributed by atoms with E-state index in [2.05, 4.69) is 16.7 Å². The Kier molecular flexibility index (Phi) is 5.13. The van der Waals surface area contributed by atoms with E-state index in [1.807, 2.05) is 50.2 Å². The van der Waals surface area contributed by atoms with E-state index >= 15 is 0 Å². The Labute approximate surface area is 142 Å². The van der Waals surface area contributed by atoms with Crippen LogP contribution in [0.1, 0.15) is 11.1 Å². The molecular formula is C19H22N2O3. The van der Waals surface area contributed by atoms with Crippen LogP contribution in [0.2, 0.25) is 0 Å². The predicted octanol–water partition coefficient (Wildman–Crippen LogP) is 3.02. The fourth-order valence-corrected chi connectivity index (χ4v) is 2.70. The predicted molar refractivity (Wildman–Crippen MR) is 93.7 cm³/mol. The molecule has 3 rings (SSSR count). The SMILES string of the molecule is Cc1cc(C)cc(Oc2ccc(NC(=O)C3COCCN3)cc2)c1. The van der Waals surface area contributed by atoms with E-state index in [1.165, 1.54) is 0 Å². The first-order valence-corrected chi connectivity index (χ1v) is 8.08. The van der Waals surface area contributed by atoms with Gasteiger partial charge in [0.1, 0.15) is 17.5 Å². The van der Waals surface area contributed by atoms with Crippen molar-refractivity contribution < 1.29 is 14.3 Å². The normalized spacial score (nSPS) is 17.3. The highest BCUT2D eigenvalue weighted by molar-refractivity contribution is 5.95. The van der Waals surface area contributed by atoms with E-state index in [1.54, 1.807) is 0 Å². The molecule has 2 aromatic carbocycles. The third kappa shape index (κ3) is 4.34. The lowest BCUT2D eigenvalue weighted by Gasteiger charge is -2.22. The summed E-state index contributed by atoms with van der Waals surface area (Å²) in [5.41, 5.74) is 3.06. The van der Waals surface area contributed by atoms with Crippen molar-refractivity contribution in [2.24, 2.45) is 0 Å². The van der Waals surface area contributed by atoms with Crippen LogP contribution >= 0.6 is 0 Å². The summed E-state index contributed by atoms with van der Waals surface area (Å²) in [6.07, 6.45) is 0. The van der Waals surface area contributed by atoms with Crippen molar-refractivity contribution in [1.82, 2.24) is 5.32 Å². The highest BCUT2D eigenvalue weighted by Gasteiger charge is 2.20. The Hall–Kier alpha value is -2.37. The minimum Gasteiger partial charge on any atom is -0.457 e. The molecule has 1 saturated heterocycles. The largest absolute Gasteiger partial charge is 0.457 e. The summed E-state index contributed by atoms with van der Waals surface area (Å²) in [6, 6.07) is 13.2. The molecular weight excluding hydrogens is 304 g/mol. The van der Waals surface area contributed by atoms with Crippen molar-refractivity contribution in [2.75, 3.05) is 25.1 Å². The third-order valence-electron chi connectivity index (χ3n) is 3.79. The number of hydrogen-bond acceptors (Lipinski definition) is 4. The van der Waals surface area contributed by atoms with Gasteiger partial charge in [-0.15, -0.1) is 0 Å². The van der Waals surface area contributed by atoms with Gasteiger partial charge < -0.3 is 20.1 Å². The van der Waals surface area contributed by atoms with Crippen molar-refractivity contribution in [2.45, 2.75) is 19.9 Å². The van der Waals surface area contributed by atoms with Crippen LogP contribution in [0.25, 0.3) is 0 Å². The number of nitrogens with one attached hydrogen (secondary N) is 2. The van der Waals surface area contributed by atoms with Crippen molar-refractivity contribution in [3.05, 3.63) is 53.6 Å². The number of anilines is 1. The van der Waals surface area contributed by atoms with Crippen LogP contribution in [0.5, 0.6) is 11.5 Å². The lowest BCUT2D eigenvalue weighted by atomic mass is 10.1. The molecule has 0 spiro atoms. The van der Waals surface area contributed by atoms with Crippen LogP contribution in [0.15, 0.2) is 42.5 Å². The number of rotatable bonds is 4. The Morgan fingerprint density at radius 3 is 2.46 bits per heavy atom. The number of carbonyl (C=O) groups is 1. The van der Waals surface area contributed by atoms with Crippen LogP contribution in [0, 0.1) is 13.8 Å². The quantitative estimate of drug-likeness (QED) is 0.907. The topological polar surface area (TPSA) is 59.6 Å². The van der Waals surface area contributed by atoms with Gasteiger partial charge in [0.15, 0.2) is 0 Å². The van der Waals surface area contributed by atoms with Crippen molar-refractivity contribution in [3.63, 3.8) is 0 Å². The minimum absolute atomic E-state index is 0.0855. The number of morpholine rings is 1. The molecule has 2 aromatic rings. The number of carbonyl (C=O) groups excluding carboxylic acids is 1. The second kappa shape index (κ2) is 7.47. The average molecular weight is 326 g/mol. The van der Waals surface area contributed by atoms with Gasteiger partial charge in [-0.05, 0) is 61.4 Å². The zero-order valence-corrected chi connectivity index (χ0v) is 14.0. The van der Waals surface area contributed by atoms with Gasteiger partial charge >= 0.3 is 0 Å². The summed E-state index contributed by atoms with van der Waals surface area (Å²) >= 11 is 0. The first-order chi connectivity index (χ1) is 11.6. The van der Waals surface area contributed by atoms with E-state index in [-0.39, 0.29) is 11.9 Å². The molecule has 1 amide bonds. The molecule has 0 aromatic heterocycles. The zero-order chi connectivity index (χ0) is 16.9. The van der Waals surface area contributed by atoms with Crippen molar-refractivity contribution >= 4 is 11.6 Å². The van der Waals surface area contributed by atoms with Gasteiger partial charge in [0.05, 0.1) is 13.2 Å². The number of amides is 1. The van der Waals surface area contributed by atoms with Crippen LogP contribution in [-0.4, -0.2) is 31.7 Å². The first-order valence-electron chi connectivity index (χ1n) is 8.08. The molecule has 0 radical (unpaired) electrons. The average Bonchev–Trinajstić information content (AvgIpc) is 2.56. The maximum atomic E-state index is 12.1. The van der Waals surface area contributed by atoms with Gasteiger partial charge in [-0.2, -0.15) is 0 Å². The first kappa shape index (κ1) is 16.5. The summed E-state index contributed by atoms with van der Waals surface area (Å²) in [5, 5.41) is 6.02.